The van der Waals surface area contributed by atoms with Gasteiger partial charge in [-0.25, -0.2) is 0 Å². The summed E-state index contributed by atoms with van der Waals surface area (Å²) in [5.74, 6) is 9.12. The molecule has 0 spiro atoms. The molecule has 5 aliphatic carbocycles. The first kappa shape index (κ1) is 31.9. The van der Waals surface area contributed by atoms with E-state index in [-0.39, 0.29) is 0 Å². The summed E-state index contributed by atoms with van der Waals surface area (Å²) in [4.78, 5) is 3.21. The molecule has 2 nitrogen and oxygen atoms in total. The van der Waals surface area contributed by atoms with E-state index < -0.39 is 0 Å². The third-order valence-electron chi connectivity index (χ3n) is 12.1. The van der Waals surface area contributed by atoms with E-state index in [1.807, 2.05) is 0 Å². The summed E-state index contributed by atoms with van der Waals surface area (Å²) in [5.41, 5.74) is 0. The van der Waals surface area contributed by atoms with Gasteiger partial charge in [-0.05, 0) is 89.9 Å². The molecule has 0 aromatic heterocycles. The zero-order chi connectivity index (χ0) is 28.0. The Hall–Kier alpha value is -0.520. The molecule has 0 aliphatic heterocycles. The molecule has 0 bridgehead atoms. The van der Waals surface area contributed by atoms with Crippen molar-refractivity contribution in [3.63, 3.8) is 0 Å². The third kappa shape index (κ3) is 10.9. The monoisotopic (exact) mass is 565 g/mol. The van der Waals surface area contributed by atoms with Gasteiger partial charge >= 0.3 is 0 Å². The zero-order valence-electron chi connectivity index (χ0n) is 27.2. The second-order valence-electron chi connectivity index (χ2n) is 15.4. The minimum Gasteiger partial charge on any atom is -0.311 e. The summed E-state index contributed by atoms with van der Waals surface area (Å²) in [6.45, 7) is 0. The Morgan fingerprint density at radius 2 is 0.683 bits per heavy atom. The quantitative estimate of drug-likeness (QED) is 0.264. The topological polar surface area (TPSA) is 15.3 Å². The highest BCUT2D eigenvalue weighted by Crippen LogP contribution is 2.36. The Balaban J connectivity index is 1.12. The van der Waals surface area contributed by atoms with Gasteiger partial charge in [0.25, 0.3) is 0 Å². The predicted molar refractivity (Wildman–Crippen MR) is 177 cm³/mol. The molecule has 2 heteroatoms. The van der Waals surface area contributed by atoms with Gasteiger partial charge in [-0.2, -0.15) is 0 Å². The molecule has 0 aromatic rings. The van der Waals surface area contributed by atoms with E-state index in [1.54, 1.807) is 0 Å². The minimum absolute atomic E-state index is 0.669. The average Bonchev–Trinajstić information content (AvgIpc) is 3.17. The number of hydrogen-bond donors (Lipinski definition) is 1. The van der Waals surface area contributed by atoms with Crippen molar-refractivity contribution in [3.05, 3.63) is 0 Å². The Morgan fingerprint density at radius 1 is 0.317 bits per heavy atom. The molecule has 1 N–H and O–H groups in total. The molecule has 0 radical (unpaired) electrons. The molecule has 5 aliphatic rings. The van der Waals surface area contributed by atoms with Crippen molar-refractivity contribution < 1.29 is 0 Å². The van der Waals surface area contributed by atoms with Crippen molar-refractivity contribution >= 4 is 0 Å². The van der Waals surface area contributed by atoms with Gasteiger partial charge in [0.15, 0.2) is 0 Å². The Labute approximate surface area is 256 Å². The molecule has 0 saturated heterocycles. The van der Waals surface area contributed by atoms with Gasteiger partial charge in [-0.3, -0.25) is 4.90 Å². The van der Waals surface area contributed by atoms with Crippen molar-refractivity contribution in [1.29, 1.82) is 0 Å². The van der Waals surface area contributed by atoms with Gasteiger partial charge < -0.3 is 5.32 Å². The van der Waals surface area contributed by atoms with E-state index in [0.29, 0.717) is 11.8 Å². The molecule has 0 aromatic carbocycles. The van der Waals surface area contributed by atoms with Crippen LogP contribution in [0.2, 0.25) is 0 Å². The van der Waals surface area contributed by atoms with E-state index in [4.69, 9.17) is 0 Å². The fourth-order valence-electron chi connectivity index (χ4n) is 9.68. The van der Waals surface area contributed by atoms with E-state index >= 15 is 0 Å². The van der Waals surface area contributed by atoms with Gasteiger partial charge in [-0.1, -0.05) is 115 Å². The van der Waals surface area contributed by atoms with Crippen LogP contribution >= 0.6 is 0 Å². The van der Waals surface area contributed by atoms with E-state index in [1.165, 1.54) is 193 Å². The van der Waals surface area contributed by atoms with Crippen molar-refractivity contribution in [1.82, 2.24) is 10.2 Å². The molecule has 0 heterocycles. The number of rotatable bonds is 5. The van der Waals surface area contributed by atoms with Gasteiger partial charge in [0.2, 0.25) is 0 Å². The zero-order valence-corrected chi connectivity index (χ0v) is 27.2. The minimum atomic E-state index is 0.669. The Morgan fingerprint density at radius 3 is 1.22 bits per heavy atom. The highest BCUT2D eigenvalue weighted by Gasteiger charge is 2.34. The maximum Gasteiger partial charge on any atom is 0.0204 e. The first-order valence-corrected chi connectivity index (χ1v) is 19.4. The predicted octanol–water partition coefficient (Wildman–Crippen LogP) is 10.7. The molecule has 234 valence electrons. The molecular formula is C39H68N2. The molecular weight excluding hydrogens is 496 g/mol. The maximum absolute atomic E-state index is 4.09. The standard InChI is InChI=1S/C39H68N2/c1-4-10-18-35(19-11-5-1)40-36-30-27-34(28-31-36)26-25-33-17-16-24-39(32-29-33)41(37-20-12-6-2-7-13-21-37)38-22-14-8-3-9-15-23-38/h33-40H,1-24,27-32H2. The Bertz CT molecular complexity index is 711. The largest absolute Gasteiger partial charge is 0.311 e. The fourth-order valence-corrected chi connectivity index (χ4v) is 9.68. The number of hydrogen-bond acceptors (Lipinski definition) is 2. The molecule has 5 rings (SSSR count). The highest BCUT2D eigenvalue weighted by atomic mass is 15.2. The first-order valence-electron chi connectivity index (χ1n) is 19.4. The molecule has 5 fully saturated rings. The highest BCUT2D eigenvalue weighted by molar-refractivity contribution is 5.09. The van der Waals surface area contributed by atoms with Crippen LogP contribution in [-0.4, -0.2) is 35.1 Å². The van der Waals surface area contributed by atoms with Crippen LogP contribution in [-0.2, 0) is 0 Å². The number of nitrogens with zero attached hydrogens (tertiary/aromatic N) is 1. The van der Waals surface area contributed by atoms with E-state index in [9.17, 15) is 0 Å². The van der Waals surface area contributed by atoms with Crippen LogP contribution in [0.4, 0.5) is 0 Å². The average molecular weight is 565 g/mol. The SMILES string of the molecule is C(#CC1CCCC(N(C2CCCCCCC2)C2CCCCCCC2)CC1)C1CCC(NC2CCCCCCC2)CC1. The lowest BCUT2D eigenvalue weighted by molar-refractivity contribution is 0.0402. The lowest BCUT2D eigenvalue weighted by atomic mass is 9.85. The summed E-state index contributed by atoms with van der Waals surface area (Å²) in [6.07, 6.45) is 43.3. The van der Waals surface area contributed by atoms with Gasteiger partial charge in [-0.15, -0.1) is 0 Å². The molecule has 41 heavy (non-hydrogen) atoms. The molecule has 2 atom stereocenters. The van der Waals surface area contributed by atoms with Crippen LogP contribution in [0.15, 0.2) is 0 Å². The molecule has 0 amide bonds. The van der Waals surface area contributed by atoms with Crippen LogP contribution in [0.3, 0.4) is 0 Å². The smallest absolute Gasteiger partial charge is 0.0204 e. The van der Waals surface area contributed by atoms with Crippen molar-refractivity contribution in [2.75, 3.05) is 0 Å². The fraction of sp³-hybridized carbons (Fsp3) is 0.949. The van der Waals surface area contributed by atoms with Crippen LogP contribution in [0.5, 0.6) is 0 Å². The van der Waals surface area contributed by atoms with Gasteiger partial charge in [0.05, 0.1) is 0 Å². The van der Waals surface area contributed by atoms with Gasteiger partial charge in [0.1, 0.15) is 0 Å². The van der Waals surface area contributed by atoms with Crippen LogP contribution in [0, 0.1) is 23.7 Å². The summed E-state index contributed by atoms with van der Waals surface area (Å²) in [7, 11) is 0. The third-order valence-corrected chi connectivity index (χ3v) is 12.1. The van der Waals surface area contributed by atoms with Gasteiger partial charge in [0, 0.05) is 42.0 Å². The Kier molecular flexibility index (Phi) is 14.3. The lowest BCUT2D eigenvalue weighted by Gasteiger charge is -2.45. The van der Waals surface area contributed by atoms with Crippen molar-refractivity contribution in [2.24, 2.45) is 11.8 Å². The first-order chi connectivity index (χ1) is 20.3. The van der Waals surface area contributed by atoms with Crippen molar-refractivity contribution in [3.8, 4) is 11.8 Å². The summed E-state index contributed by atoms with van der Waals surface area (Å²) < 4.78 is 0. The number of nitrogens with one attached hydrogen (secondary N) is 1. The van der Waals surface area contributed by atoms with Crippen molar-refractivity contribution in [2.45, 2.75) is 223 Å². The second-order valence-corrected chi connectivity index (χ2v) is 15.4. The van der Waals surface area contributed by atoms with Crippen LogP contribution in [0.25, 0.3) is 0 Å². The molecule has 5 saturated carbocycles. The summed E-state index contributed by atoms with van der Waals surface area (Å²) in [5, 5.41) is 4.09. The summed E-state index contributed by atoms with van der Waals surface area (Å²) in [6, 6.07) is 4.15. The second kappa shape index (κ2) is 18.3. The summed E-state index contributed by atoms with van der Waals surface area (Å²) >= 11 is 0. The molecule has 2 unspecified atom stereocenters. The maximum atomic E-state index is 4.09. The van der Waals surface area contributed by atoms with Crippen LogP contribution < -0.4 is 5.32 Å². The van der Waals surface area contributed by atoms with Crippen LogP contribution in [0.1, 0.15) is 193 Å². The van der Waals surface area contributed by atoms with E-state index in [2.05, 4.69) is 22.1 Å². The lowest BCUT2D eigenvalue weighted by Crippen LogP contribution is -2.50. The normalized spacial score (nSPS) is 33.2. The van der Waals surface area contributed by atoms with E-state index in [0.717, 1.165) is 30.2 Å².